The number of benzene rings is 3. The minimum Gasteiger partial charge on any atom is -0.484 e. The molecule has 0 N–H and O–H groups in total. The summed E-state index contributed by atoms with van der Waals surface area (Å²) < 4.78 is 5.91. The molecule has 0 radical (unpaired) electrons. The van der Waals surface area contributed by atoms with E-state index in [-0.39, 0.29) is 36.9 Å². The van der Waals surface area contributed by atoms with E-state index >= 15 is 0 Å². The highest BCUT2D eigenvalue weighted by Crippen LogP contribution is 2.45. The van der Waals surface area contributed by atoms with Crippen LogP contribution in [0, 0.1) is 13.8 Å². The smallest absolute Gasteiger partial charge is 0.265 e. The first-order chi connectivity index (χ1) is 17.3. The Hall–Kier alpha value is -3.35. The van der Waals surface area contributed by atoms with E-state index in [1.54, 1.807) is 24.1 Å². The van der Waals surface area contributed by atoms with Gasteiger partial charge in [-0.3, -0.25) is 9.59 Å². The average molecular weight is 520 g/mol. The van der Waals surface area contributed by atoms with E-state index in [1.165, 1.54) is 11.1 Å². The molecular weight excluding hydrogens is 486 g/mol. The molecule has 6 nitrogen and oxygen atoms in total. The van der Waals surface area contributed by atoms with Crippen molar-refractivity contribution in [2.45, 2.75) is 32.2 Å². The molecule has 37 heavy (non-hydrogen) atoms. The van der Waals surface area contributed by atoms with Crippen LogP contribution in [0.1, 0.15) is 39.4 Å². The summed E-state index contributed by atoms with van der Waals surface area (Å²) in [7, 11) is 3.90. The molecule has 3 aromatic carbocycles. The predicted molar refractivity (Wildman–Crippen MR) is 150 cm³/mol. The van der Waals surface area contributed by atoms with Crippen LogP contribution in [0.4, 0.5) is 11.4 Å². The van der Waals surface area contributed by atoms with Gasteiger partial charge in [-0.1, -0.05) is 35.4 Å². The molecule has 2 atom stereocenters. The van der Waals surface area contributed by atoms with Crippen LogP contribution in [0.5, 0.6) is 5.75 Å². The number of carbonyl (C=O) groups is 2. The third-order valence-electron chi connectivity index (χ3n) is 7.41. The second-order valence-corrected chi connectivity index (χ2v) is 10.1. The zero-order valence-corrected chi connectivity index (χ0v) is 22.6. The van der Waals surface area contributed by atoms with Gasteiger partial charge in [0, 0.05) is 42.5 Å². The van der Waals surface area contributed by atoms with Gasteiger partial charge in [0.15, 0.2) is 6.61 Å². The zero-order chi connectivity index (χ0) is 25.4. The molecule has 0 spiro atoms. The number of hydrogen-bond acceptors (Lipinski definition) is 4. The van der Waals surface area contributed by atoms with Gasteiger partial charge in [-0.05, 0) is 81.9 Å². The van der Waals surface area contributed by atoms with E-state index in [4.69, 9.17) is 4.74 Å². The van der Waals surface area contributed by atoms with Crippen LogP contribution in [0.15, 0.2) is 66.7 Å². The highest BCUT2D eigenvalue weighted by Gasteiger charge is 2.43. The van der Waals surface area contributed by atoms with Crippen LogP contribution < -0.4 is 14.5 Å². The first kappa shape index (κ1) is 26.7. The maximum Gasteiger partial charge on any atom is 0.265 e. The molecule has 2 amide bonds. The van der Waals surface area contributed by atoms with Crippen molar-refractivity contribution in [1.82, 2.24) is 4.90 Å². The number of carbonyl (C=O) groups excluding carboxylic acids is 2. The quantitative estimate of drug-likeness (QED) is 0.464. The number of amides is 2. The van der Waals surface area contributed by atoms with Crippen LogP contribution in [0.2, 0.25) is 0 Å². The molecule has 0 aliphatic carbocycles. The largest absolute Gasteiger partial charge is 0.484 e. The summed E-state index contributed by atoms with van der Waals surface area (Å²) in [6, 6.07) is 21.4. The van der Waals surface area contributed by atoms with Gasteiger partial charge >= 0.3 is 0 Å². The lowest BCUT2D eigenvalue weighted by molar-refractivity contribution is -0.121. The van der Waals surface area contributed by atoms with Gasteiger partial charge in [0.25, 0.3) is 11.8 Å². The summed E-state index contributed by atoms with van der Waals surface area (Å²) in [5, 5.41) is 0. The van der Waals surface area contributed by atoms with Gasteiger partial charge in [0.2, 0.25) is 0 Å². The number of ether oxygens (including phenoxy) is 1. The Labute approximate surface area is 225 Å². The molecule has 2 aliphatic heterocycles. The molecule has 1 saturated heterocycles. The predicted octanol–water partition coefficient (Wildman–Crippen LogP) is 5.22. The fraction of sp³-hybridized carbons (Fsp3) is 0.333. The summed E-state index contributed by atoms with van der Waals surface area (Å²) in [5.74, 6) is 0.845. The molecular formula is C30H34ClN3O3. The van der Waals surface area contributed by atoms with Crippen LogP contribution >= 0.6 is 12.4 Å². The van der Waals surface area contributed by atoms with E-state index in [1.807, 2.05) is 48.2 Å². The number of hydrogen-bond donors (Lipinski definition) is 0. The van der Waals surface area contributed by atoms with Gasteiger partial charge in [0.05, 0.1) is 0 Å². The second kappa shape index (κ2) is 11.0. The number of piperidine rings is 1. The van der Waals surface area contributed by atoms with Crippen molar-refractivity contribution < 1.29 is 14.3 Å². The summed E-state index contributed by atoms with van der Waals surface area (Å²) in [5.41, 5.74) is 6.03. The molecule has 194 valence electrons. The number of rotatable bonds is 5. The SMILES string of the molecule is Cc1ccc(C(=O)N(C)c2ccc(OCC(=O)N3c4ccc(C)cc4C4CN(C)CCC43)cc2)cc1.Cl. The molecule has 7 heteroatoms. The number of nitrogens with zero attached hydrogens (tertiary/aromatic N) is 3. The highest BCUT2D eigenvalue weighted by atomic mass is 35.5. The molecule has 1 fully saturated rings. The molecule has 2 heterocycles. The Morgan fingerprint density at radius 1 is 0.973 bits per heavy atom. The number of likely N-dealkylation sites (tertiary alicyclic amines) is 1. The van der Waals surface area contributed by atoms with E-state index in [0.717, 1.165) is 36.4 Å². The van der Waals surface area contributed by atoms with E-state index < -0.39 is 0 Å². The standard InChI is InChI=1S/C30H33N3O3.ClH/c1-20-5-8-22(9-6-20)30(35)32(4)23-10-12-24(13-11-23)36-19-29(34)33-27-14-7-21(2)17-25(27)26-18-31(3)16-15-28(26)33;/h5-14,17,26,28H,15-16,18-19H2,1-4H3;1H. The minimum absolute atomic E-state index is 0. The Morgan fingerprint density at radius 3 is 2.35 bits per heavy atom. The molecule has 0 saturated carbocycles. The van der Waals surface area contributed by atoms with Crippen LogP contribution in [-0.2, 0) is 4.79 Å². The monoisotopic (exact) mass is 519 g/mol. The highest BCUT2D eigenvalue weighted by molar-refractivity contribution is 6.05. The van der Waals surface area contributed by atoms with Crippen molar-refractivity contribution in [2.24, 2.45) is 0 Å². The molecule has 5 rings (SSSR count). The third kappa shape index (κ3) is 5.36. The minimum atomic E-state index is -0.0746. The Balaban J connectivity index is 0.00000320. The van der Waals surface area contributed by atoms with Crippen LogP contribution in [0.3, 0.4) is 0 Å². The lowest BCUT2D eigenvalue weighted by atomic mass is 9.89. The first-order valence-electron chi connectivity index (χ1n) is 12.5. The third-order valence-corrected chi connectivity index (χ3v) is 7.41. The van der Waals surface area contributed by atoms with Crippen molar-refractivity contribution in [1.29, 1.82) is 0 Å². The van der Waals surface area contributed by atoms with Crippen LogP contribution in [-0.4, -0.2) is 56.5 Å². The molecule has 2 aliphatic rings. The maximum atomic E-state index is 13.4. The maximum absolute atomic E-state index is 13.4. The molecule has 3 aromatic rings. The van der Waals surface area contributed by atoms with Gasteiger partial charge in [-0.15, -0.1) is 12.4 Å². The summed E-state index contributed by atoms with van der Waals surface area (Å²) >= 11 is 0. The lowest BCUT2D eigenvalue weighted by Crippen LogP contribution is -2.48. The fourth-order valence-electron chi connectivity index (χ4n) is 5.39. The summed E-state index contributed by atoms with van der Waals surface area (Å²) in [6.07, 6.45) is 0.955. The topological polar surface area (TPSA) is 53.1 Å². The number of halogens is 1. The summed E-state index contributed by atoms with van der Waals surface area (Å²) in [6.45, 7) is 6.02. The van der Waals surface area contributed by atoms with Crippen LogP contribution in [0.25, 0.3) is 0 Å². The number of anilines is 2. The number of fused-ring (bicyclic) bond motifs is 3. The first-order valence-corrected chi connectivity index (χ1v) is 12.5. The molecule has 2 unspecified atom stereocenters. The van der Waals surface area contributed by atoms with Gasteiger partial charge < -0.3 is 19.4 Å². The van der Waals surface area contributed by atoms with Crippen molar-refractivity contribution >= 4 is 35.6 Å². The number of aryl methyl sites for hydroxylation is 2. The van der Waals surface area contributed by atoms with Crippen molar-refractivity contribution in [2.75, 3.05) is 43.6 Å². The summed E-state index contributed by atoms with van der Waals surface area (Å²) in [4.78, 5) is 32.1. The zero-order valence-electron chi connectivity index (χ0n) is 21.8. The van der Waals surface area contributed by atoms with Gasteiger partial charge in [-0.2, -0.15) is 0 Å². The average Bonchev–Trinajstić information content (AvgIpc) is 3.20. The van der Waals surface area contributed by atoms with Gasteiger partial charge in [-0.25, -0.2) is 0 Å². The molecule has 0 aromatic heterocycles. The van der Waals surface area contributed by atoms with Crippen molar-refractivity contribution in [3.63, 3.8) is 0 Å². The van der Waals surface area contributed by atoms with Gasteiger partial charge in [0.1, 0.15) is 5.75 Å². The normalized spacial score (nSPS) is 18.4. The lowest BCUT2D eigenvalue weighted by Gasteiger charge is -2.36. The van der Waals surface area contributed by atoms with Crippen molar-refractivity contribution in [3.8, 4) is 5.75 Å². The Morgan fingerprint density at radius 2 is 1.65 bits per heavy atom. The van der Waals surface area contributed by atoms with E-state index in [9.17, 15) is 9.59 Å². The Bertz CT molecular complexity index is 1280. The van der Waals surface area contributed by atoms with E-state index in [0.29, 0.717) is 17.2 Å². The Kier molecular flexibility index (Phi) is 7.90. The molecule has 0 bridgehead atoms. The second-order valence-electron chi connectivity index (χ2n) is 10.1. The number of likely N-dealkylation sites (N-methyl/N-ethyl adjacent to an activating group) is 1. The van der Waals surface area contributed by atoms with E-state index in [2.05, 4.69) is 37.1 Å². The fourth-order valence-corrected chi connectivity index (χ4v) is 5.39. The van der Waals surface area contributed by atoms with Crippen molar-refractivity contribution in [3.05, 3.63) is 89.0 Å².